The second-order valence-corrected chi connectivity index (χ2v) is 8.73. The summed E-state index contributed by atoms with van der Waals surface area (Å²) in [6.07, 6.45) is 0.871. The van der Waals surface area contributed by atoms with Gasteiger partial charge in [-0.1, -0.05) is 24.3 Å². The number of para-hydroxylation sites is 1. The highest BCUT2D eigenvalue weighted by Gasteiger charge is 2.26. The van der Waals surface area contributed by atoms with E-state index in [1.165, 1.54) is 11.3 Å². The molecule has 7 heteroatoms. The molecular weight excluding hydrogens is 382 g/mol. The third-order valence-electron chi connectivity index (χ3n) is 5.55. The van der Waals surface area contributed by atoms with Crippen molar-refractivity contribution in [1.82, 2.24) is 10.2 Å². The molecule has 0 bridgehead atoms. The Morgan fingerprint density at radius 1 is 1.31 bits per heavy atom. The molecule has 1 atom stereocenters. The number of amides is 1. The molecule has 2 aromatic carbocycles. The molecular formula is C22H23N5OS. The molecule has 5 rings (SSSR count). The van der Waals surface area contributed by atoms with Crippen molar-refractivity contribution < 1.29 is 4.79 Å². The molecule has 1 unspecified atom stereocenters. The second-order valence-electron chi connectivity index (χ2n) is 7.65. The lowest BCUT2D eigenvalue weighted by Crippen LogP contribution is -2.32. The van der Waals surface area contributed by atoms with Crippen LogP contribution in [0.25, 0.3) is 10.1 Å². The van der Waals surface area contributed by atoms with E-state index in [4.69, 9.17) is 10.7 Å². The molecule has 2 aliphatic heterocycles. The minimum atomic E-state index is 0.0732. The van der Waals surface area contributed by atoms with Crippen LogP contribution in [0.15, 0.2) is 47.5 Å². The zero-order valence-corrected chi connectivity index (χ0v) is 17.1. The van der Waals surface area contributed by atoms with Crippen molar-refractivity contribution in [3.8, 4) is 0 Å². The molecule has 148 valence electrons. The number of carbonyl (C=O) groups is 1. The summed E-state index contributed by atoms with van der Waals surface area (Å²) < 4.78 is 1.08. The lowest BCUT2D eigenvalue weighted by molar-refractivity contribution is 0.0795. The summed E-state index contributed by atoms with van der Waals surface area (Å²) in [6, 6.07) is 14.4. The van der Waals surface area contributed by atoms with Crippen LogP contribution in [-0.4, -0.2) is 35.9 Å². The quantitative estimate of drug-likeness (QED) is 0.609. The van der Waals surface area contributed by atoms with Gasteiger partial charge in [-0.25, -0.2) is 4.99 Å². The molecule has 1 saturated heterocycles. The summed E-state index contributed by atoms with van der Waals surface area (Å²) in [6.45, 7) is 4.14. The molecule has 1 fully saturated rings. The average molecular weight is 406 g/mol. The minimum Gasteiger partial charge on any atom is -0.352 e. The number of likely N-dealkylation sites (tertiary alicyclic amines) is 1. The van der Waals surface area contributed by atoms with Crippen LogP contribution in [-0.2, 0) is 6.54 Å². The summed E-state index contributed by atoms with van der Waals surface area (Å²) in [5, 5.41) is 7.77. The van der Waals surface area contributed by atoms with E-state index in [0.717, 1.165) is 56.4 Å². The summed E-state index contributed by atoms with van der Waals surface area (Å²) in [7, 11) is 0. The van der Waals surface area contributed by atoms with Crippen LogP contribution in [0.2, 0.25) is 0 Å². The molecule has 3 aromatic rings. The van der Waals surface area contributed by atoms with Crippen molar-refractivity contribution in [3.63, 3.8) is 0 Å². The average Bonchev–Trinajstić information content (AvgIpc) is 3.35. The van der Waals surface area contributed by atoms with E-state index in [0.29, 0.717) is 13.1 Å². The van der Waals surface area contributed by atoms with Gasteiger partial charge in [-0.05, 0) is 42.7 Å². The third-order valence-corrected chi connectivity index (χ3v) is 6.64. The van der Waals surface area contributed by atoms with Crippen LogP contribution in [0.4, 0.5) is 11.4 Å². The Labute approximate surface area is 173 Å². The first-order valence-corrected chi connectivity index (χ1v) is 10.7. The van der Waals surface area contributed by atoms with Crippen molar-refractivity contribution in [2.24, 2.45) is 10.7 Å². The summed E-state index contributed by atoms with van der Waals surface area (Å²) in [5.74, 6) is 0.799. The minimum absolute atomic E-state index is 0.0732. The number of benzene rings is 2. The fourth-order valence-electron chi connectivity index (χ4n) is 3.89. The Hall–Kier alpha value is -2.90. The number of nitrogens with zero attached hydrogens (tertiary/aromatic N) is 2. The first-order chi connectivity index (χ1) is 14.1. The topological polar surface area (TPSA) is 82.8 Å². The molecule has 2 aliphatic rings. The highest BCUT2D eigenvalue weighted by atomic mass is 32.1. The van der Waals surface area contributed by atoms with Gasteiger partial charge >= 0.3 is 0 Å². The number of nitrogens with two attached hydrogens (primary N) is 1. The highest BCUT2D eigenvalue weighted by molar-refractivity contribution is 7.20. The van der Waals surface area contributed by atoms with E-state index in [-0.39, 0.29) is 11.9 Å². The molecule has 0 spiro atoms. The van der Waals surface area contributed by atoms with Crippen molar-refractivity contribution in [3.05, 3.63) is 58.5 Å². The van der Waals surface area contributed by atoms with Gasteiger partial charge in [0.25, 0.3) is 5.91 Å². The van der Waals surface area contributed by atoms with Crippen molar-refractivity contribution in [1.29, 1.82) is 0 Å². The van der Waals surface area contributed by atoms with E-state index in [2.05, 4.69) is 35.8 Å². The Bertz CT molecular complexity index is 1140. The van der Waals surface area contributed by atoms with Crippen LogP contribution in [0.5, 0.6) is 0 Å². The predicted molar refractivity (Wildman–Crippen MR) is 119 cm³/mol. The first kappa shape index (κ1) is 18.1. The van der Waals surface area contributed by atoms with Crippen LogP contribution in [0.3, 0.4) is 0 Å². The van der Waals surface area contributed by atoms with Gasteiger partial charge in [0, 0.05) is 41.4 Å². The summed E-state index contributed by atoms with van der Waals surface area (Å²) in [4.78, 5) is 20.4. The molecule has 6 nitrogen and oxygen atoms in total. The molecule has 29 heavy (non-hydrogen) atoms. The predicted octanol–water partition coefficient (Wildman–Crippen LogP) is 3.59. The van der Waals surface area contributed by atoms with Gasteiger partial charge in [0.15, 0.2) is 0 Å². The van der Waals surface area contributed by atoms with E-state index in [1.807, 2.05) is 29.2 Å². The van der Waals surface area contributed by atoms with Crippen molar-refractivity contribution in [2.45, 2.75) is 25.9 Å². The maximum absolute atomic E-state index is 12.9. The number of guanidine groups is 1. The number of carbonyl (C=O) groups excluding carboxylic acids is 1. The number of fused-ring (bicyclic) bond motifs is 3. The molecule has 1 aromatic heterocycles. The maximum atomic E-state index is 12.9. The standard InChI is InChI=1S/C22H23N5OS/c1-13-4-2-3-5-17(13)25-22-24-11-14-6-7-18-16(20(14)26-22)10-19(29-18)21(28)27-9-8-15(23)12-27/h2-7,10,15H,8-9,11-12,23H2,1H3,(H2,24,25,26). The number of hydrogen-bond acceptors (Lipinski definition) is 6. The SMILES string of the molecule is Cc1ccccc1NC1=Nc2c(ccc3sc(C(=O)N4CCC(N)C4)cc23)CN1. The zero-order chi connectivity index (χ0) is 20.0. The van der Waals surface area contributed by atoms with E-state index in [9.17, 15) is 4.79 Å². The van der Waals surface area contributed by atoms with Gasteiger partial charge in [-0.3, -0.25) is 4.79 Å². The molecule has 0 aliphatic carbocycles. The Balaban J connectivity index is 1.49. The number of hydrogen-bond donors (Lipinski definition) is 3. The van der Waals surface area contributed by atoms with Crippen molar-refractivity contribution in [2.75, 3.05) is 18.4 Å². The van der Waals surface area contributed by atoms with Gasteiger partial charge in [0.05, 0.1) is 10.6 Å². The smallest absolute Gasteiger partial charge is 0.264 e. The van der Waals surface area contributed by atoms with Gasteiger partial charge in [-0.15, -0.1) is 11.3 Å². The molecule has 0 radical (unpaired) electrons. The van der Waals surface area contributed by atoms with E-state index in [1.54, 1.807) is 0 Å². The van der Waals surface area contributed by atoms with Crippen LogP contribution < -0.4 is 16.4 Å². The maximum Gasteiger partial charge on any atom is 0.264 e. The van der Waals surface area contributed by atoms with E-state index < -0.39 is 0 Å². The van der Waals surface area contributed by atoms with Crippen molar-refractivity contribution >= 4 is 44.7 Å². The Kier molecular flexibility index (Phi) is 4.49. The fourth-order valence-corrected chi connectivity index (χ4v) is 4.92. The Morgan fingerprint density at radius 2 is 2.17 bits per heavy atom. The largest absolute Gasteiger partial charge is 0.352 e. The van der Waals surface area contributed by atoms with E-state index >= 15 is 0 Å². The number of aryl methyl sites for hydroxylation is 1. The number of thiophene rings is 1. The normalized spacial score (nSPS) is 18.3. The monoisotopic (exact) mass is 405 g/mol. The number of rotatable bonds is 2. The first-order valence-electron chi connectivity index (χ1n) is 9.84. The molecule has 0 saturated carbocycles. The molecule has 1 amide bonds. The molecule has 3 heterocycles. The fraction of sp³-hybridized carbons (Fsp3) is 0.273. The second kappa shape index (κ2) is 7.17. The lowest BCUT2D eigenvalue weighted by atomic mass is 10.1. The number of anilines is 1. The van der Waals surface area contributed by atoms with Gasteiger partial charge < -0.3 is 21.3 Å². The lowest BCUT2D eigenvalue weighted by Gasteiger charge is -2.20. The number of nitrogens with one attached hydrogen (secondary N) is 2. The molecule has 4 N–H and O–H groups in total. The van der Waals surface area contributed by atoms with Gasteiger partial charge in [-0.2, -0.15) is 0 Å². The van der Waals surface area contributed by atoms with Crippen LogP contribution >= 0.6 is 11.3 Å². The van der Waals surface area contributed by atoms with Gasteiger partial charge in [0.1, 0.15) is 0 Å². The van der Waals surface area contributed by atoms with Crippen LogP contribution in [0.1, 0.15) is 27.2 Å². The van der Waals surface area contributed by atoms with Gasteiger partial charge in [0.2, 0.25) is 5.96 Å². The summed E-state index contributed by atoms with van der Waals surface area (Å²) in [5.41, 5.74) is 10.2. The van der Waals surface area contributed by atoms with Crippen LogP contribution in [0, 0.1) is 6.92 Å². The zero-order valence-electron chi connectivity index (χ0n) is 16.2. The highest BCUT2D eigenvalue weighted by Crippen LogP contribution is 2.37. The summed E-state index contributed by atoms with van der Waals surface area (Å²) >= 11 is 1.53. The Morgan fingerprint density at radius 3 is 2.97 bits per heavy atom. The third kappa shape index (κ3) is 3.36. The number of aliphatic imine (C=N–C) groups is 1.